The zero-order valence-electron chi connectivity index (χ0n) is 15.5. The number of carbonyl (C=O) groups is 3. The molecule has 0 spiro atoms. The van der Waals surface area contributed by atoms with Crippen LogP contribution in [0.5, 0.6) is 5.75 Å². The first-order chi connectivity index (χ1) is 12.8. The first-order valence-corrected chi connectivity index (χ1v) is 8.92. The summed E-state index contributed by atoms with van der Waals surface area (Å²) in [5.41, 5.74) is 0.596. The molecule has 7 heteroatoms. The van der Waals surface area contributed by atoms with Crippen molar-refractivity contribution in [3.63, 3.8) is 0 Å². The van der Waals surface area contributed by atoms with E-state index in [2.05, 4.69) is 5.32 Å². The van der Waals surface area contributed by atoms with Gasteiger partial charge in [-0.2, -0.15) is 0 Å². The Balaban J connectivity index is 1.88. The zero-order valence-corrected chi connectivity index (χ0v) is 15.5. The maximum atomic E-state index is 12.9. The number of rotatable bonds is 6. The molecule has 0 radical (unpaired) electrons. The number of carboxylic acid groups (broad SMARTS) is 1. The fourth-order valence-corrected chi connectivity index (χ4v) is 3.96. The number of carbonyl (C=O) groups excluding carboxylic acids is 2. The topological polar surface area (TPSA) is 102 Å². The van der Waals surface area contributed by atoms with Gasteiger partial charge in [-0.3, -0.25) is 9.59 Å². The van der Waals surface area contributed by atoms with Crippen LogP contribution in [0.25, 0.3) is 0 Å². The largest absolute Gasteiger partial charge is 0.489 e. The van der Waals surface area contributed by atoms with E-state index in [1.165, 1.54) is 13.2 Å². The van der Waals surface area contributed by atoms with Crippen molar-refractivity contribution in [3.8, 4) is 5.75 Å². The summed E-state index contributed by atoms with van der Waals surface area (Å²) in [7, 11) is 1.28. The van der Waals surface area contributed by atoms with Crippen LogP contribution in [0.15, 0.2) is 30.4 Å². The van der Waals surface area contributed by atoms with Gasteiger partial charge < -0.3 is 19.9 Å². The van der Waals surface area contributed by atoms with Gasteiger partial charge in [-0.1, -0.05) is 12.2 Å². The highest BCUT2D eigenvalue weighted by molar-refractivity contribution is 5.99. The highest BCUT2D eigenvalue weighted by Gasteiger charge is 2.51. The molecule has 1 aromatic carbocycles. The number of hydrogen-bond acceptors (Lipinski definition) is 5. The Hall–Kier alpha value is -2.83. The summed E-state index contributed by atoms with van der Waals surface area (Å²) in [4.78, 5) is 36.4. The molecule has 1 amide bonds. The van der Waals surface area contributed by atoms with Crippen molar-refractivity contribution >= 4 is 23.5 Å². The SMILES string of the molecule is COC(=O)c1ccc(OC(C)C)c(NC(=O)[C@@H]2[C@@H](C(=O)O)[C@H]3C=C[C@H]2C3)c1. The second-order valence-corrected chi connectivity index (χ2v) is 7.20. The molecule has 144 valence electrons. The summed E-state index contributed by atoms with van der Waals surface area (Å²) < 4.78 is 10.4. The van der Waals surface area contributed by atoms with E-state index in [4.69, 9.17) is 9.47 Å². The number of amides is 1. The van der Waals surface area contributed by atoms with Gasteiger partial charge in [0.25, 0.3) is 0 Å². The molecule has 1 fully saturated rings. The minimum atomic E-state index is -0.964. The number of anilines is 1. The van der Waals surface area contributed by atoms with Crippen LogP contribution in [0.2, 0.25) is 0 Å². The highest BCUT2D eigenvalue weighted by atomic mass is 16.5. The Kier molecular flexibility index (Phi) is 5.21. The van der Waals surface area contributed by atoms with Crippen molar-refractivity contribution in [2.75, 3.05) is 12.4 Å². The predicted molar refractivity (Wildman–Crippen MR) is 97.5 cm³/mol. The fraction of sp³-hybridized carbons (Fsp3) is 0.450. The van der Waals surface area contributed by atoms with Crippen molar-refractivity contribution in [1.82, 2.24) is 0 Å². The van der Waals surface area contributed by atoms with Gasteiger partial charge in [0, 0.05) is 0 Å². The standard InChI is InChI=1S/C20H23NO6/c1-10(2)27-15-7-6-13(20(25)26-3)9-14(15)21-18(22)16-11-4-5-12(8-11)17(16)19(23)24/h4-7,9-12,16-17H,8H2,1-3H3,(H,21,22)(H,23,24)/t11-,12-,16-,17-/m0/s1. The van der Waals surface area contributed by atoms with Crippen LogP contribution in [0.4, 0.5) is 5.69 Å². The van der Waals surface area contributed by atoms with Gasteiger partial charge in [0.2, 0.25) is 5.91 Å². The number of hydrogen-bond donors (Lipinski definition) is 2. The Morgan fingerprint density at radius 2 is 1.81 bits per heavy atom. The molecule has 0 saturated heterocycles. The van der Waals surface area contributed by atoms with E-state index in [1.54, 1.807) is 12.1 Å². The third-order valence-corrected chi connectivity index (χ3v) is 5.07. The monoisotopic (exact) mass is 373 g/mol. The second-order valence-electron chi connectivity index (χ2n) is 7.20. The Labute approximate surface area is 157 Å². The lowest BCUT2D eigenvalue weighted by molar-refractivity contribution is -0.146. The van der Waals surface area contributed by atoms with Gasteiger partial charge in [-0.15, -0.1) is 0 Å². The number of benzene rings is 1. The molecule has 1 saturated carbocycles. The summed E-state index contributed by atoms with van der Waals surface area (Å²) in [5.74, 6) is -3.05. The smallest absolute Gasteiger partial charge is 0.337 e. The minimum absolute atomic E-state index is 0.0886. The fourth-order valence-electron chi connectivity index (χ4n) is 3.96. The molecule has 0 heterocycles. The Morgan fingerprint density at radius 1 is 1.15 bits per heavy atom. The van der Waals surface area contributed by atoms with E-state index in [-0.39, 0.29) is 29.4 Å². The lowest BCUT2D eigenvalue weighted by atomic mass is 9.82. The van der Waals surface area contributed by atoms with Gasteiger partial charge in [0.1, 0.15) is 5.75 Å². The second kappa shape index (κ2) is 7.42. The molecule has 2 aliphatic rings. The van der Waals surface area contributed by atoms with Crippen LogP contribution in [0.1, 0.15) is 30.6 Å². The molecular formula is C20H23NO6. The molecule has 0 aromatic heterocycles. The molecule has 0 unspecified atom stereocenters. The molecule has 4 atom stereocenters. The maximum Gasteiger partial charge on any atom is 0.337 e. The number of ether oxygens (including phenoxy) is 2. The van der Waals surface area contributed by atoms with Crippen molar-refractivity contribution in [2.45, 2.75) is 26.4 Å². The number of methoxy groups -OCH3 is 1. The van der Waals surface area contributed by atoms with Crippen LogP contribution in [-0.4, -0.2) is 36.2 Å². The first-order valence-electron chi connectivity index (χ1n) is 8.92. The molecule has 27 heavy (non-hydrogen) atoms. The van der Waals surface area contributed by atoms with Crippen LogP contribution < -0.4 is 10.1 Å². The van der Waals surface area contributed by atoms with E-state index in [9.17, 15) is 19.5 Å². The molecular weight excluding hydrogens is 350 g/mol. The zero-order chi connectivity index (χ0) is 19.7. The molecule has 7 nitrogen and oxygen atoms in total. The van der Waals surface area contributed by atoms with Crippen LogP contribution in [0, 0.1) is 23.7 Å². The van der Waals surface area contributed by atoms with Crippen molar-refractivity contribution < 1.29 is 29.0 Å². The number of nitrogens with one attached hydrogen (secondary N) is 1. The molecule has 1 aromatic rings. The highest BCUT2D eigenvalue weighted by Crippen LogP contribution is 2.48. The van der Waals surface area contributed by atoms with Gasteiger partial charge in [0.05, 0.1) is 36.3 Å². The number of carboxylic acids is 1. The van der Waals surface area contributed by atoms with E-state index in [1.807, 2.05) is 26.0 Å². The summed E-state index contributed by atoms with van der Waals surface area (Å²) in [5, 5.41) is 12.3. The van der Waals surface area contributed by atoms with Gasteiger partial charge in [0.15, 0.2) is 0 Å². The normalized spacial score (nSPS) is 25.5. The Bertz CT molecular complexity index is 800. The maximum absolute atomic E-state index is 12.9. The third kappa shape index (κ3) is 3.67. The van der Waals surface area contributed by atoms with Gasteiger partial charge in [-0.25, -0.2) is 4.79 Å². The van der Waals surface area contributed by atoms with E-state index >= 15 is 0 Å². The van der Waals surface area contributed by atoms with E-state index in [0.29, 0.717) is 17.9 Å². The van der Waals surface area contributed by atoms with Crippen molar-refractivity contribution in [1.29, 1.82) is 0 Å². The summed E-state index contributed by atoms with van der Waals surface area (Å²) in [6, 6.07) is 4.64. The molecule has 2 N–H and O–H groups in total. The van der Waals surface area contributed by atoms with E-state index in [0.717, 1.165) is 0 Å². The van der Waals surface area contributed by atoms with Crippen molar-refractivity contribution in [3.05, 3.63) is 35.9 Å². The van der Waals surface area contributed by atoms with Gasteiger partial charge in [-0.05, 0) is 50.3 Å². The van der Waals surface area contributed by atoms with E-state index < -0.39 is 23.8 Å². The molecule has 3 rings (SSSR count). The number of fused-ring (bicyclic) bond motifs is 2. The van der Waals surface area contributed by atoms with Crippen LogP contribution >= 0.6 is 0 Å². The van der Waals surface area contributed by atoms with Crippen LogP contribution in [0.3, 0.4) is 0 Å². The van der Waals surface area contributed by atoms with Gasteiger partial charge >= 0.3 is 11.9 Å². The Morgan fingerprint density at radius 3 is 2.41 bits per heavy atom. The molecule has 0 aliphatic heterocycles. The summed E-state index contributed by atoms with van der Waals surface area (Å²) >= 11 is 0. The predicted octanol–water partition coefficient (Wildman–Crippen LogP) is 2.72. The molecule has 2 bridgehead atoms. The average Bonchev–Trinajstić information content (AvgIpc) is 3.23. The van der Waals surface area contributed by atoms with Crippen LogP contribution in [-0.2, 0) is 14.3 Å². The minimum Gasteiger partial charge on any atom is -0.489 e. The first kappa shape index (κ1) is 18.9. The lowest BCUT2D eigenvalue weighted by Gasteiger charge is -2.24. The third-order valence-electron chi connectivity index (χ3n) is 5.07. The summed E-state index contributed by atoms with van der Waals surface area (Å²) in [6.07, 6.45) is 4.34. The number of allylic oxidation sites excluding steroid dienone is 2. The summed E-state index contributed by atoms with van der Waals surface area (Å²) in [6.45, 7) is 3.70. The lowest BCUT2D eigenvalue weighted by Crippen LogP contribution is -2.36. The number of esters is 1. The molecule has 2 aliphatic carbocycles. The van der Waals surface area contributed by atoms with Crippen molar-refractivity contribution in [2.24, 2.45) is 23.7 Å². The quantitative estimate of drug-likeness (QED) is 0.587. The average molecular weight is 373 g/mol. The number of aliphatic carboxylic acids is 1.